The van der Waals surface area contributed by atoms with Gasteiger partial charge in [0.1, 0.15) is 10.7 Å². The summed E-state index contributed by atoms with van der Waals surface area (Å²) in [7, 11) is 0. The van der Waals surface area contributed by atoms with Gasteiger partial charge in [-0.3, -0.25) is 4.79 Å². The lowest BCUT2D eigenvalue weighted by Crippen LogP contribution is -2.08. The number of hydrogen-bond donors (Lipinski definition) is 0. The van der Waals surface area contributed by atoms with Gasteiger partial charge in [-0.15, -0.1) is 11.3 Å². The van der Waals surface area contributed by atoms with E-state index in [-0.39, 0.29) is 5.78 Å². The first kappa shape index (κ1) is 11.7. The fourth-order valence-corrected chi connectivity index (χ4v) is 5.09. The molecule has 2 aliphatic rings. The number of rotatable bonds is 3. The molecule has 1 aromatic rings. The Hall–Kier alpha value is -0.350. The zero-order valence-electron chi connectivity index (χ0n) is 9.91. The predicted octanol–water partition coefficient (Wildman–Crippen LogP) is 3.84. The molecule has 0 amide bonds. The van der Waals surface area contributed by atoms with Crippen LogP contribution in [-0.4, -0.2) is 16.0 Å². The monoisotopic (exact) mass is 267 g/mol. The highest BCUT2D eigenvalue weighted by atomic mass is 32.2. The normalized spacial score (nSPS) is 20.8. The van der Waals surface area contributed by atoms with E-state index in [4.69, 9.17) is 0 Å². The van der Waals surface area contributed by atoms with E-state index in [1.54, 1.807) is 11.3 Å². The molecule has 1 saturated carbocycles. The smallest absolute Gasteiger partial charge is 0.182 e. The SMILES string of the molecule is O=C1CCCc2sc(CSC3CCCC3)nc21. The Labute approximate surface area is 110 Å². The number of hydrogen-bond acceptors (Lipinski definition) is 4. The number of fused-ring (bicyclic) bond motifs is 1. The molecule has 2 nitrogen and oxygen atoms in total. The van der Waals surface area contributed by atoms with Gasteiger partial charge in [-0.1, -0.05) is 12.8 Å². The number of nitrogens with zero attached hydrogens (tertiary/aromatic N) is 1. The second kappa shape index (κ2) is 5.11. The van der Waals surface area contributed by atoms with Gasteiger partial charge in [-0.2, -0.15) is 11.8 Å². The molecule has 0 saturated heterocycles. The quantitative estimate of drug-likeness (QED) is 0.833. The summed E-state index contributed by atoms with van der Waals surface area (Å²) >= 11 is 3.81. The van der Waals surface area contributed by atoms with Gasteiger partial charge < -0.3 is 0 Å². The van der Waals surface area contributed by atoms with Crippen LogP contribution in [0, 0.1) is 0 Å². The number of thioether (sulfide) groups is 1. The molecule has 0 radical (unpaired) electrons. The van der Waals surface area contributed by atoms with Crippen molar-refractivity contribution in [1.82, 2.24) is 4.98 Å². The van der Waals surface area contributed by atoms with Crippen LogP contribution < -0.4 is 0 Å². The number of ketones is 1. The zero-order valence-corrected chi connectivity index (χ0v) is 11.5. The summed E-state index contributed by atoms with van der Waals surface area (Å²) in [5, 5.41) is 2.01. The first-order valence-electron chi connectivity index (χ1n) is 6.46. The van der Waals surface area contributed by atoms with Crippen molar-refractivity contribution in [3.05, 3.63) is 15.6 Å². The summed E-state index contributed by atoms with van der Waals surface area (Å²) in [6, 6.07) is 0. The van der Waals surface area contributed by atoms with Gasteiger partial charge in [0.15, 0.2) is 5.78 Å². The Bertz CT molecular complexity index is 421. The Morgan fingerprint density at radius 1 is 1.24 bits per heavy atom. The second-order valence-electron chi connectivity index (χ2n) is 4.87. The van der Waals surface area contributed by atoms with Crippen LogP contribution in [0.15, 0.2) is 0 Å². The fraction of sp³-hybridized carbons (Fsp3) is 0.692. The molecule has 1 fully saturated rings. The van der Waals surface area contributed by atoms with Crippen molar-refractivity contribution in [2.45, 2.75) is 55.9 Å². The van der Waals surface area contributed by atoms with Crippen LogP contribution >= 0.6 is 23.1 Å². The molecule has 1 heterocycles. The summed E-state index contributed by atoms with van der Waals surface area (Å²) in [5.74, 6) is 1.27. The molecule has 0 spiro atoms. The molecule has 4 heteroatoms. The third kappa shape index (κ3) is 2.58. The van der Waals surface area contributed by atoms with Crippen LogP contribution in [0.1, 0.15) is 58.9 Å². The Morgan fingerprint density at radius 3 is 2.82 bits per heavy atom. The minimum Gasteiger partial charge on any atom is -0.292 e. The van der Waals surface area contributed by atoms with E-state index >= 15 is 0 Å². The maximum absolute atomic E-state index is 11.7. The number of carbonyl (C=O) groups excluding carboxylic acids is 1. The molecule has 0 unspecified atom stereocenters. The van der Waals surface area contributed by atoms with Gasteiger partial charge in [-0.05, 0) is 25.7 Å². The molecular formula is C13H17NOS2. The van der Waals surface area contributed by atoms with E-state index in [1.165, 1.54) is 35.6 Å². The van der Waals surface area contributed by atoms with Gasteiger partial charge in [0.2, 0.25) is 0 Å². The first-order chi connectivity index (χ1) is 8.33. The maximum atomic E-state index is 11.7. The highest BCUT2D eigenvalue weighted by Gasteiger charge is 2.23. The van der Waals surface area contributed by atoms with Crippen molar-refractivity contribution >= 4 is 28.9 Å². The van der Waals surface area contributed by atoms with Crippen molar-refractivity contribution < 1.29 is 4.79 Å². The fourth-order valence-electron chi connectivity index (χ4n) is 2.62. The number of thiazole rings is 1. The van der Waals surface area contributed by atoms with Gasteiger partial charge in [0, 0.05) is 22.3 Å². The summed E-state index contributed by atoms with van der Waals surface area (Å²) in [4.78, 5) is 17.5. The first-order valence-corrected chi connectivity index (χ1v) is 8.33. The van der Waals surface area contributed by atoms with Crippen molar-refractivity contribution in [2.24, 2.45) is 0 Å². The summed E-state index contributed by atoms with van der Waals surface area (Å²) in [6.45, 7) is 0. The molecule has 0 N–H and O–H groups in total. The lowest BCUT2D eigenvalue weighted by molar-refractivity contribution is 0.0968. The molecule has 3 rings (SSSR count). The summed E-state index contributed by atoms with van der Waals surface area (Å²) in [5.41, 5.74) is 0.795. The van der Waals surface area contributed by atoms with Crippen molar-refractivity contribution in [2.75, 3.05) is 0 Å². The predicted molar refractivity (Wildman–Crippen MR) is 72.9 cm³/mol. The topological polar surface area (TPSA) is 30.0 Å². The molecule has 17 heavy (non-hydrogen) atoms. The number of aryl methyl sites for hydroxylation is 1. The van der Waals surface area contributed by atoms with Gasteiger partial charge in [-0.25, -0.2) is 4.98 Å². The highest BCUT2D eigenvalue weighted by molar-refractivity contribution is 7.99. The van der Waals surface area contributed by atoms with E-state index in [0.717, 1.165) is 29.5 Å². The molecule has 1 aromatic heterocycles. The molecule has 0 aromatic carbocycles. The second-order valence-corrected chi connectivity index (χ2v) is 7.33. The Kier molecular flexibility index (Phi) is 3.52. The average molecular weight is 267 g/mol. The van der Waals surface area contributed by atoms with Crippen molar-refractivity contribution in [3.63, 3.8) is 0 Å². The van der Waals surface area contributed by atoms with Crippen LogP contribution in [0.3, 0.4) is 0 Å². The van der Waals surface area contributed by atoms with E-state index in [2.05, 4.69) is 4.98 Å². The third-order valence-electron chi connectivity index (χ3n) is 3.56. The lowest BCUT2D eigenvalue weighted by Gasteiger charge is -2.06. The molecular weight excluding hydrogens is 250 g/mol. The van der Waals surface area contributed by atoms with E-state index < -0.39 is 0 Å². The van der Waals surface area contributed by atoms with Crippen LogP contribution in [0.25, 0.3) is 0 Å². The maximum Gasteiger partial charge on any atom is 0.182 e. The standard InChI is InChI=1S/C13H17NOS2/c15-10-6-3-7-11-13(10)14-12(17-11)8-16-9-4-1-2-5-9/h9H,1-8H2. The average Bonchev–Trinajstić information content (AvgIpc) is 2.95. The number of carbonyl (C=O) groups is 1. The van der Waals surface area contributed by atoms with E-state index in [0.29, 0.717) is 6.42 Å². The largest absolute Gasteiger partial charge is 0.292 e. The Balaban J connectivity index is 1.65. The van der Waals surface area contributed by atoms with Crippen molar-refractivity contribution in [1.29, 1.82) is 0 Å². The van der Waals surface area contributed by atoms with E-state index in [9.17, 15) is 4.79 Å². The van der Waals surface area contributed by atoms with Crippen LogP contribution in [0.4, 0.5) is 0 Å². The van der Waals surface area contributed by atoms with Crippen LogP contribution in [-0.2, 0) is 12.2 Å². The summed E-state index contributed by atoms with van der Waals surface area (Å²) in [6.07, 6.45) is 8.31. The van der Waals surface area contributed by atoms with Crippen molar-refractivity contribution in [3.8, 4) is 0 Å². The van der Waals surface area contributed by atoms with Crippen LogP contribution in [0.5, 0.6) is 0 Å². The minimum absolute atomic E-state index is 0.264. The molecule has 92 valence electrons. The van der Waals surface area contributed by atoms with Gasteiger partial charge in [0.05, 0.1) is 0 Å². The Morgan fingerprint density at radius 2 is 2.06 bits per heavy atom. The zero-order chi connectivity index (χ0) is 11.7. The minimum atomic E-state index is 0.264. The molecule has 2 aliphatic carbocycles. The van der Waals surface area contributed by atoms with Crippen LogP contribution in [0.2, 0.25) is 0 Å². The molecule has 0 atom stereocenters. The number of aromatic nitrogens is 1. The third-order valence-corrected chi connectivity index (χ3v) is 6.24. The van der Waals surface area contributed by atoms with E-state index in [1.807, 2.05) is 11.8 Å². The lowest BCUT2D eigenvalue weighted by atomic mass is 10.0. The van der Waals surface area contributed by atoms with Gasteiger partial charge >= 0.3 is 0 Å². The van der Waals surface area contributed by atoms with Gasteiger partial charge in [0.25, 0.3) is 0 Å². The summed E-state index contributed by atoms with van der Waals surface area (Å²) < 4.78 is 0. The number of Topliss-reactive ketones (excluding diaryl/α,β-unsaturated/α-hetero) is 1. The highest BCUT2D eigenvalue weighted by Crippen LogP contribution is 2.34. The molecule has 0 bridgehead atoms. The molecule has 0 aliphatic heterocycles.